The van der Waals surface area contributed by atoms with Crippen LogP contribution in [0, 0.1) is 20.8 Å². The lowest BCUT2D eigenvalue weighted by atomic mass is 10.2. The van der Waals surface area contributed by atoms with E-state index < -0.39 is 0 Å². The number of carbonyl (C=O) groups is 1. The van der Waals surface area contributed by atoms with Crippen LogP contribution in [0.4, 0.5) is 5.69 Å². The van der Waals surface area contributed by atoms with Gasteiger partial charge in [-0.1, -0.05) is 18.7 Å². The summed E-state index contributed by atoms with van der Waals surface area (Å²) in [6.45, 7) is 10.5. The van der Waals surface area contributed by atoms with Crippen molar-refractivity contribution < 1.29 is 4.79 Å². The van der Waals surface area contributed by atoms with Crippen LogP contribution in [-0.2, 0) is 6.54 Å². The Morgan fingerprint density at radius 1 is 1.27 bits per heavy atom. The quantitative estimate of drug-likeness (QED) is 0.677. The molecular formula is C15H21N5OS. The SMILES string of the molecule is CCSc1nc(C)cc(C(=O)Nc2c(C)nn(CC)c2C)n1. The fourth-order valence-corrected chi connectivity index (χ4v) is 2.84. The third-order valence-electron chi connectivity index (χ3n) is 3.26. The Labute approximate surface area is 134 Å². The molecular weight excluding hydrogens is 298 g/mol. The molecule has 0 aliphatic carbocycles. The molecule has 0 spiro atoms. The van der Waals surface area contributed by atoms with E-state index in [0.717, 1.165) is 35.1 Å². The molecule has 0 unspecified atom stereocenters. The van der Waals surface area contributed by atoms with Crippen molar-refractivity contribution in [2.45, 2.75) is 46.3 Å². The molecule has 0 fully saturated rings. The van der Waals surface area contributed by atoms with Gasteiger partial charge in [0, 0.05) is 12.2 Å². The molecule has 22 heavy (non-hydrogen) atoms. The summed E-state index contributed by atoms with van der Waals surface area (Å²) in [7, 11) is 0. The smallest absolute Gasteiger partial charge is 0.274 e. The summed E-state index contributed by atoms with van der Waals surface area (Å²) in [5, 5.41) is 7.96. The molecule has 2 rings (SSSR count). The fraction of sp³-hybridized carbons (Fsp3) is 0.467. The Morgan fingerprint density at radius 2 is 2.00 bits per heavy atom. The van der Waals surface area contributed by atoms with Crippen LogP contribution in [0.2, 0.25) is 0 Å². The van der Waals surface area contributed by atoms with Crippen molar-refractivity contribution in [3.8, 4) is 0 Å². The first kappa shape index (κ1) is 16.5. The van der Waals surface area contributed by atoms with Crippen molar-refractivity contribution in [2.24, 2.45) is 0 Å². The first-order chi connectivity index (χ1) is 10.5. The van der Waals surface area contributed by atoms with E-state index in [1.54, 1.807) is 6.07 Å². The van der Waals surface area contributed by atoms with Gasteiger partial charge < -0.3 is 5.32 Å². The van der Waals surface area contributed by atoms with Crippen LogP contribution in [0.1, 0.15) is 41.4 Å². The number of amides is 1. The molecule has 0 saturated heterocycles. The Morgan fingerprint density at radius 3 is 2.59 bits per heavy atom. The second-order valence-corrected chi connectivity index (χ2v) is 6.16. The average molecular weight is 319 g/mol. The van der Waals surface area contributed by atoms with Gasteiger partial charge in [0.2, 0.25) is 0 Å². The zero-order valence-electron chi connectivity index (χ0n) is 13.6. The molecule has 2 heterocycles. The van der Waals surface area contributed by atoms with Crippen molar-refractivity contribution in [2.75, 3.05) is 11.1 Å². The van der Waals surface area contributed by atoms with E-state index >= 15 is 0 Å². The molecule has 0 saturated carbocycles. The van der Waals surface area contributed by atoms with Gasteiger partial charge in [-0.3, -0.25) is 9.48 Å². The van der Waals surface area contributed by atoms with Gasteiger partial charge in [0.1, 0.15) is 5.69 Å². The van der Waals surface area contributed by atoms with Gasteiger partial charge in [0.05, 0.1) is 17.1 Å². The summed E-state index contributed by atoms with van der Waals surface area (Å²) < 4.78 is 1.87. The first-order valence-corrected chi connectivity index (χ1v) is 8.28. The van der Waals surface area contributed by atoms with E-state index in [1.165, 1.54) is 11.8 Å². The normalized spacial score (nSPS) is 10.8. The van der Waals surface area contributed by atoms with E-state index in [2.05, 4.69) is 20.4 Å². The minimum atomic E-state index is -0.231. The number of aryl methyl sites for hydroxylation is 3. The highest BCUT2D eigenvalue weighted by atomic mass is 32.2. The lowest BCUT2D eigenvalue weighted by Gasteiger charge is -2.07. The molecule has 2 aromatic heterocycles. The zero-order valence-corrected chi connectivity index (χ0v) is 14.4. The molecule has 0 aliphatic rings. The number of nitrogens with zero attached hydrogens (tertiary/aromatic N) is 4. The van der Waals surface area contributed by atoms with Gasteiger partial charge in [-0.25, -0.2) is 9.97 Å². The Hall–Kier alpha value is -1.89. The summed E-state index contributed by atoms with van der Waals surface area (Å²) in [5.74, 6) is 0.636. The molecule has 2 aromatic rings. The molecule has 1 N–H and O–H groups in total. The third kappa shape index (κ3) is 3.47. The summed E-state index contributed by atoms with van der Waals surface area (Å²) >= 11 is 1.52. The standard InChI is InChI=1S/C15H21N5OS/c1-6-20-11(5)13(10(4)19-20)18-14(21)12-8-9(3)16-15(17-12)22-7-2/h8H,6-7H2,1-5H3,(H,18,21). The number of aromatic nitrogens is 4. The highest BCUT2D eigenvalue weighted by Crippen LogP contribution is 2.20. The Balaban J connectivity index is 2.28. The average Bonchev–Trinajstić information content (AvgIpc) is 2.74. The van der Waals surface area contributed by atoms with Gasteiger partial charge in [-0.15, -0.1) is 0 Å². The Bertz CT molecular complexity index is 695. The fourth-order valence-electron chi connectivity index (χ4n) is 2.21. The maximum atomic E-state index is 12.5. The molecule has 7 heteroatoms. The molecule has 0 bridgehead atoms. The summed E-state index contributed by atoms with van der Waals surface area (Å²) in [4.78, 5) is 21.1. The van der Waals surface area contributed by atoms with Crippen LogP contribution in [-0.4, -0.2) is 31.4 Å². The van der Waals surface area contributed by atoms with Crippen LogP contribution in [0.15, 0.2) is 11.2 Å². The molecule has 118 valence electrons. The van der Waals surface area contributed by atoms with Crippen molar-refractivity contribution in [1.29, 1.82) is 0 Å². The van der Waals surface area contributed by atoms with E-state index in [9.17, 15) is 4.79 Å². The van der Waals surface area contributed by atoms with Crippen LogP contribution >= 0.6 is 11.8 Å². The van der Waals surface area contributed by atoms with Crippen molar-refractivity contribution in [3.05, 3.63) is 28.8 Å². The second kappa shape index (κ2) is 6.91. The first-order valence-electron chi connectivity index (χ1n) is 7.30. The second-order valence-electron chi connectivity index (χ2n) is 4.93. The van der Waals surface area contributed by atoms with Crippen LogP contribution in [0.5, 0.6) is 0 Å². The van der Waals surface area contributed by atoms with E-state index in [1.807, 2.05) is 39.3 Å². The van der Waals surface area contributed by atoms with E-state index in [-0.39, 0.29) is 5.91 Å². The monoisotopic (exact) mass is 319 g/mol. The van der Waals surface area contributed by atoms with Crippen molar-refractivity contribution >= 4 is 23.4 Å². The molecule has 6 nitrogen and oxygen atoms in total. The lowest BCUT2D eigenvalue weighted by molar-refractivity contribution is 0.102. The van der Waals surface area contributed by atoms with Crippen LogP contribution in [0.3, 0.4) is 0 Å². The summed E-state index contributed by atoms with van der Waals surface area (Å²) in [6, 6.07) is 1.70. The number of nitrogens with one attached hydrogen (secondary N) is 1. The largest absolute Gasteiger partial charge is 0.317 e. The molecule has 0 radical (unpaired) electrons. The summed E-state index contributed by atoms with van der Waals surface area (Å²) in [5.41, 5.74) is 3.68. The van der Waals surface area contributed by atoms with E-state index in [0.29, 0.717) is 10.9 Å². The molecule has 0 aliphatic heterocycles. The number of hydrogen-bond donors (Lipinski definition) is 1. The maximum Gasteiger partial charge on any atom is 0.274 e. The van der Waals surface area contributed by atoms with Gasteiger partial charge in [-0.05, 0) is 39.5 Å². The minimum Gasteiger partial charge on any atom is -0.317 e. The lowest BCUT2D eigenvalue weighted by Crippen LogP contribution is -2.16. The number of anilines is 1. The van der Waals surface area contributed by atoms with Gasteiger partial charge >= 0.3 is 0 Å². The summed E-state index contributed by atoms with van der Waals surface area (Å²) in [6.07, 6.45) is 0. The Kier molecular flexibility index (Phi) is 5.18. The van der Waals surface area contributed by atoms with Crippen LogP contribution in [0.25, 0.3) is 0 Å². The van der Waals surface area contributed by atoms with Gasteiger partial charge in [-0.2, -0.15) is 5.10 Å². The zero-order chi connectivity index (χ0) is 16.3. The molecule has 0 atom stereocenters. The van der Waals surface area contributed by atoms with Crippen molar-refractivity contribution in [1.82, 2.24) is 19.7 Å². The topological polar surface area (TPSA) is 72.7 Å². The predicted octanol–water partition coefficient (Wildman–Crippen LogP) is 2.98. The number of rotatable bonds is 5. The number of hydrogen-bond acceptors (Lipinski definition) is 5. The highest BCUT2D eigenvalue weighted by molar-refractivity contribution is 7.99. The maximum absolute atomic E-state index is 12.5. The van der Waals surface area contributed by atoms with Crippen molar-refractivity contribution in [3.63, 3.8) is 0 Å². The number of carbonyl (C=O) groups excluding carboxylic acids is 1. The van der Waals surface area contributed by atoms with Gasteiger partial charge in [0.15, 0.2) is 5.16 Å². The molecule has 0 aromatic carbocycles. The van der Waals surface area contributed by atoms with Crippen LogP contribution < -0.4 is 5.32 Å². The molecule has 1 amide bonds. The van der Waals surface area contributed by atoms with E-state index in [4.69, 9.17) is 0 Å². The third-order valence-corrected chi connectivity index (χ3v) is 3.99. The predicted molar refractivity (Wildman–Crippen MR) is 88.5 cm³/mol. The number of thioether (sulfide) groups is 1. The van der Waals surface area contributed by atoms with Gasteiger partial charge in [0.25, 0.3) is 5.91 Å². The minimum absolute atomic E-state index is 0.231. The highest BCUT2D eigenvalue weighted by Gasteiger charge is 2.16.